The molecule has 0 aliphatic carbocycles. The number of hydrogen-bond donors (Lipinski definition) is 1. The highest BCUT2D eigenvalue weighted by molar-refractivity contribution is 6.39. The number of benzene rings is 1. The Kier molecular flexibility index (Phi) is 5.75. The minimum absolute atomic E-state index is 0.00598. The Balaban J connectivity index is 1.92. The van der Waals surface area contributed by atoms with Crippen molar-refractivity contribution in [2.24, 2.45) is 0 Å². The zero-order valence-electron chi connectivity index (χ0n) is 15.3. The van der Waals surface area contributed by atoms with Gasteiger partial charge in [0, 0.05) is 6.20 Å². The zero-order valence-corrected chi connectivity index (χ0v) is 16.1. The summed E-state index contributed by atoms with van der Waals surface area (Å²) in [5, 5.41) is 2.52. The fourth-order valence-electron chi connectivity index (χ4n) is 2.55. The number of pyridine rings is 1. The van der Waals surface area contributed by atoms with Crippen LogP contribution in [0, 0.1) is 0 Å². The second kappa shape index (κ2) is 8.22. The van der Waals surface area contributed by atoms with Gasteiger partial charge in [-0.1, -0.05) is 24.6 Å². The van der Waals surface area contributed by atoms with Crippen LogP contribution >= 0.6 is 11.6 Å². The van der Waals surface area contributed by atoms with E-state index in [4.69, 9.17) is 16.3 Å². The third kappa shape index (κ3) is 4.04. The number of halogens is 1. The van der Waals surface area contributed by atoms with Gasteiger partial charge < -0.3 is 4.74 Å². The van der Waals surface area contributed by atoms with E-state index >= 15 is 0 Å². The van der Waals surface area contributed by atoms with Gasteiger partial charge >= 0.3 is 6.03 Å². The quantitative estimate of drug-likeness (QED) is 0.613. The van der Waals surface area contributed by atoms with Crippen LogP contribution in [0.4, 0.5) is 10.5 Å². The number of ether oxygens (including phenoxy) is 1. The summed E-state index contributed by atoms with van der Waals surface area (Å²) >= 11 is 6.26. The van der Waals surface area contributed by atoms with Crippen LogP contribution in [0.25, 0.3) is 6.08 Å². The van der Waals surface area contributed by atoms with Gasteiger partial charge in [-0.15, -0.1) is 0 Å². The number of hydrogen-bond acceptors (Lipinski definition) is 5. The highest BCUT2D eigenvalue weighted by Crippen LogP contribution is 2.28. The molecule has 1 aromatic heterocycles. The van der Waals surface area contributed by atoms with Crippen LogP contribution in [0.2, 0.25) is 5.02 Å². The maximum Gasteiger partial charge on any atom is 0.336 e. The molecule has 0 radical (unpaired) electrons. The average Bonchev–Trinajstić information content (AvgIpc) is 2.67. The molecule has 0 saturated carbocycles. The summed E-state index contributed by atoms with van der Waals surface area (Å²) < 4.78 is 5.71. The Morgan fingerprint density at radius 1 is 1.29 bits per heavy atom. The van der Waals surface area contributed by atoms with E-state index in [1.165, 1.54) is 18.5 Å². The molecule has 1 atom stereocenters. The molecule has 1 aromatic carbocycles. The van der Waals surface area contributed by atoms with Crippen molar-refractivity contribution in [1.82, 2.24) is 10.3 Å². The number of rotatable bonds is 5. The van der Waals surface area contributed by atoms with Gasteiger partial charge in [0.2, 0.25) is 0 Å². The van der Waals surface area contributed by atoms with Crippen LogP contribution < -0.4 is 15.0 Å². The van der Waals surface area contributed by atoms with Crippen molar-refractivity contribution in [1.29, 1.82) is 0 Å². The number of carbonyl (C=O) groups excluding carboxylic acids is 3. The van der Waals surface area contributed by atoms with Gasteiger partial charge in [0.25, 0.3) is 11.8 Å². The van der Waals surface area contributed by atoms with Crippen molar-refractivity contribution < 1.29 is 19.1 Å². The van der Waals surface area contributed by atoms with Crippen molar-refractivity contribution in [3.05, 3.63) is 58.9 Å². The van der Waals surface area contributed by atoms with Gasteiger partial charge in [0.1, 0.15) is 11.3 Å². The minimum atomic E-state index is -0.824. The molecule has 8 heteroatoms. The van der Waals surface area contributed by atoms with Crippen LogP contribution in [0.15, 0.2) is 48.3 Å². The Morgan fingerprint density at radius 3 is 2.71 bits per heavy atom. The lowest BCUT2D eigenvalue weighted by molar-refractivity contribution is -0.122. The van der Waals surface area contributed by atoms with Crippen LogP contribution in [-0.4, -0.2) is 28.9 Å². The molecule has 2 heterocycles. The molecule has 1 aliphatic rings. The van der Waals surface area contributed by atoms with Crippen LogP contribution in [0.1, 0.15) is 25.8 Å². The van der Waals surface area contributed by atoms with E-state index in [2.05, 4.69) is 10.3 Å². The number of urea groups is 1. The third-order valence-corrected chi connectivity index (χ3v) is 4.47. The first-order valence-corrected chi connectivity index (χ1v) is 9.06. The molecule has 2 aromatic rings. The normalized spacial score (nSPS) is 16.9. The van der Waals surface area contributed by atoms with Crippen molar-refractivity contribution in [3.8, 4) is 5.75 Å². The molecular formula is C20H18ClN3O4. The van der Waals surface area contributed by atoms with E-state index < -0.39 is 17.8 Å². The summed E-state index contributed by atoms with van der Waals surface area (Å²) in [6.45, 7) is 3.93. The minimum Gasteiger partial charge on any atom is -0.489 e. The number of anilines is 1. The van der Waals surface area contributed by atoms with E-state index in [1.54, 1.807) is 30.3 Å². The summed E-state index contributed by atoms with van der Waals surface area (Å²) in [7, 11) is 0. The first kappa shape index (κ1) is 19.6. The summed E-state index contributed by atoms with van der Waals surface area (Å²) in [6, 6.07) is 7.27. The van der Waals surface area contributed by atoms with Gasteiger partial charge in [0.05, 0.1) is 23.0 Å². The molecule has 3 rings (SSSR count). The van der Waals surface area contributed by atoms with Gasteiger partial charge in [-0.2, -0.15) is 0 Å². The van der Waals surface area contributed by atoms with E-state index in [-0.39, 0.29) is 17.4 Å². The van der Waals surface area contributed by atoms with Crippen LogP contribution in [-0.2, 0) is 9.59 Å². The number of amides is 4. The fraction of sp³-hybridized carbons (Fsp3) is 0.200. The molecule has 144 valence electrons. The highest BCUT2D eigenvalue weighted by Gasteiger charge is 2.36. The molecule has 1 unspecified atom stereocenters. The van der Waals surface area contributed by atoms with Gasteiger partial charge in [0.15, 0.2) is 0 Å². The van der Waals surface area contributed by atoms with Crippen molar-refractivity contribution in [2.75, 3.05) is 4.90 Å². The van der Waals surface area contributed by atoms with Gasteiger partial charge in [-0.05, 0) is 49.2 Å². The fourth-order valence-corrected chi connectivity index (χ4v) is 2.78. The molecule has 7 nitrogen and oxygen atoms in total. The zero-order chi connectivity index (χ0) is 20.3. The van der Waals surface area contributed by atoms with Gasteiger partial charge in [-0.3, -0.25) is 19.9 Å². The smallest absolute Gasteiger partial charge is 0.336 e. The summed E-state index contributed by atoms with van der Waals surface area (Å²) in [5.41, 5.74) is 0.606. The SMILES string of the molecule is CCC(C)Oc1ccc(C=C2C(=O)NC(=O)N(c3cccnc3)C2=O)cc1Cl. The number of imide groups is 2. The molecule has 0 spiro atoms. The summed E-state index contributed by atoms with van der Waals surface area (Å²) in [5.74, 6) is -0.992. The lowest BCUT2D eigenvalue weighted by Gasteiger charge is -2.26. The second-order valence-electron chi connectivity index (χ2n) is 6.20. The highest BCUT2D eigenvalue weighted by atomic mass is 35.5. The molecule has 0 bridgehead atoms. The van der Waals surface area contributed by atoms with Crippen LogP contribution in [0.5, 0.6) is 5.75 Å². The number of aromatic nitrogens is 1. The number of nitrogens with one attached hydrogen (secondary N) is 1. The molecule has 1 fully saturated rings. The molecule has 4 amide bonds. The molecular weight excluding hydrogens is 382 g/mol. The number of carbonyl (C=O) groups is 3. The molecule has 1 aliphatic heterocycles. The predicted octanol–water partition coefficient (Wildman–Crippen LogP) is 3.58. The monoisotopic (exact) mass is 399 g/mol. The molecule has 1 saturated heterocycles. The Hall–Kier alpha value is -3.19. The van der Waals surface area contributed by atoms with Crippen molar-refractivity contribution in [3.63, 3.8) is 0 Å². The van der Waals surface area contributed by atoms with E-state index in [1.807, 2.05) is 13.8 Å². The molecule has 1 N–H and O–H groups in total. The Labute approximate surface area is 167 Å². The van der Waals surface area contributed by atoms with Crippen molar-refractivity contribution in [2.45, 2.75) is 26.4 Å². The first-order chi connectivity index (χ1) is 13.4. The van der Waals surface area contributed by atoms with E-state index in [0.717, 1.165) is 11.3 Å². The lowest BCUT2D eigenvalue weighted by atomic mass is 10.1. The van der Waals surface area contributed by atoms with E-state index in [9.17, 15) is 14.4 Å². The van der Waals surface area contributed by atoms with Crippen LogP contribution in [0.3, 0.4) is 0 Å². The number of barbiturate groups is 1. The van der Waals surface area contributed by atoms with E-state index in [0.29, 0.717) is 16.3 Å². The second-order valence-corrected chi connectivity index (χ2v) is 6.60. The predicted molar refractivity (Wildman–Crippen MR) is 105 cm³/mol. The average molecular weight is 400 g/mol. The lowest BCUT2D eigenvalue weighted by Crippen LogP contribution is -2.54. The topological polar surface area (TPSA) is 88.6 Å². The third-order valence-electron chi connectivity index (χ3n) is 4.18. The summed E-state index contributed by atoms with van der Waals surface area (Å²) in [6.07, 6.45) is 5.10. The maximum absolute atomic E-state index is 12.8. The summed E-state index contributed by atoms with van der Waals surface area (Å²) in [4.78, 5) is 41.9. The Bertz CT molecular complexity index is 959. The molecule has 28 heavy (non-hydrogen) atoms. The van der Waals surface area contributed by atoms with Gasteiger partial charge in [-0.25, -0.2) is 9.69 Å². The first-order valence-electron chi connectivity index (χ1n) is 8.68. The van der Waals surface area contributed by atoms with Crippen molar-refractivity contribution >= 4 is 41.2 Å². The maximum atomic E-state index is 12.8. The Morgan fingerprint density at radius 2 is 2.07 bits per heavy atom. The number of nitrogens with zero attached hydrogens (tertiary/aromatic N) is 2. The standard InChI is InChI=1S/C20H18ClN3O4/c1-3-12(2)28-17-7-6-13(10-16(17)21)9-15-18(25)23-20(27)24(19(15)26)14-5-4-8-22-11-14/h4-12H,3H2,1-2H3,(H,23,25,27). The largest absolute Gasteiger partial charge is 0.489 e.